The highest BCUT2D eigenvalue weighted by atomic mass is 19.1. The molecular weight excluding hydrogens is 490 g/mol. The zero-order valence-electron chi connectivity index (χ0n) is 21.8. The van der Waals surface area contributed by atoms with Crippen molar-refractivity contribution in [2.75, 3.05) is 38.6 Å². The van der Waals surface area contributed by atoms with Crippen LogP contribution in [0.1, 0.15) is 46.5 Å². The molecule has 2 aromatic carbocycles. The normalized spacial score (nSPS) is 14.7. The molecule has 1 fully saturated rings. The van der Waals surface area contributed by atoms with E-state index in [2.05, 4.69) is 33.8 Å². The Hall–Kier alpha value is -3.85. The predicted molar refractivity (Wildman–Crippen MR) is 142 cm³/mol. The first-order valence-electron chi connectivity index (χ1n) is 12.7. The van der Waals surface area contributed by atoms with Crippen LogP contribution in [0.25, 0.3) is 11.1 Å². The van der Waals surface area contributed by atoms with Crippen molar-refractivity contribution in [3.8, 4) is 11.1 Å². The standard InChI is InChI=1S/C29H32F2N4O3/c1-4-19(2)34-12-14-35(15-13-34)28(36)22-10-11-26(33-18-22)32-17-21-9-8-20(16-25(21)31)23-6-5-7-24(30)27(23)29(37)38-3/h5-11,16,18-19H,4,12-15,17H2,1-3H3,(H,32,33). The molecule has 1 unspecified atom stereocenters. The quantitative estimate of drug-likeness (QED) is 0.421. The van der Waals surface area contributed by atoms with E-state index < -0.39 is 17.6 Å². The third kappa shape index (κ3) is 5.99. The lowest BCUT2D eigenvalue weighted by atomic mass is 9.98. The predicted octanol–water partition coefficient (Wildman–Crippen LogP) is 4.98. The van der Waals surface area contributed by atoms with E-state index in [0.717, 1.165) is 25.6 Å². The highest BCUT2D eigenvalue weighted by molar-refractivity contribution is 5.97. The number of carbonyl (C=O) groups is 2. The van der Waals surface area contributed by atoms with Crippen molar-refractivity contribution in [2.45, 2.75) is 32.9 Å². The topological polar surface area (TPSA) is 74.8 Å². The highest BCUT2D eigenvalue weighted by Gasteiger charge is 2.24. The average molecular weight is 523 g/mol. The number of hydrogen-bond donors (Lipinski definition) is 1. The number of esters is 1. The molecule has 0 saturated carbocycles. The molecule has 9 heteroatoms. The van der Waals surface area contributed by atoms with Crippen molar-refractivity contribution >= 4 is 17.7 Å². The molecule has 1 amide bonds. The second-order valence-corrected chi connectivity index (χ2v) is 9.33. The molecule has 1 aliphatic rings. The van der Waals surface area contributed by atoms with Gasteiger partial charge in [-0.25, -0.2) is 18.6 Å². The number of piperazine rings is 1. The summed E-state index contributed by atoms with van der Waals surface area (Å²) in [7, 11) is 1.17. The van der Waals surface area contributed by atoms with E-state index in [1.54, 1.807) is 30.3 Å². The lowest BCUT2D eigenvalue weighted by molar-refractivity contribution is 0.0577. The van der Waals surface area contributed by atoms with E-state index in [1.165, 1.54) is 25.4 Å². The number of anilines is 1. The van der Waals surface area contributed by atoms with Crippen LogP contribution in [0.2, 0.25) is 0 Å². The van der Waals surface area contributed by atoms with E-state index >= 15 is 0 Å². The molecule has 1 aliphatic heterocycles. The highest BCUT2D eigenvalue weighted by Crippen LogP contribution is 2.28. The number of amides is 1. The summed E-state index contributed by atoms with van der Waals surface area (Å²) in [6.45, 7) is 7.63. The Bertz CT molecular complexity index is 1290. The van der Waals surface area contributed by atoms with Gasteiger partial charge in [0.1, 0.15) is 23.0 Å². The van der Waals surface area contributed by atoms with Crippen molar-refractivity contribution in [1.29, 1.82) is 0 Å². The zero-order valence-corrected chi connectivity index (χ0v) is 21.8. The second-order valence-electron chi connectivity index (χ2n) is 9.33. The largest absolute Gasteiger partial charge is 0.465 e. The van der Waals surface area contributed by atoms with Crippen LogP contribution >= 0.6 is 0 Å². The van der Waals surface area contributed by atoms with Crippen LogP contribution in [0, 0.1) is 11.6 Å². The number of halogens is 2. The summed E-state index contributed by atoms with van der Waals surface area (Å²) in [5.41, 5.74) is 1.25. The molecule has 7 nitrogen and oxygen atoms in total. The molecule has 1 aromatic heterocycles. The number of aromatic nitrogens is 1. The molecule has 4 rings (SSSR count). The summed E-state index contributed by atoms with van der Waals surface area (Å²) in [4.78, 5) is 33.5. The van der Waals surface area contributed by atoms with E-state index in [9.17, 15) is 18.4 Å². The van der Waals surface area contributed by atoms with Crippen molar-refractivity contribution in [2.24, 2.45) is 0 Å². The number of methoxy groups -OCH3 is 1. The summed E-state index contributed by atoms with van der Waals surface area (Å²) in [5.74, 6) is -1.62. The van der Waals surface area contributed by atoms with Gasteiger partial charge in [0.2, 0.25) is 0 Å². The Labute approximate surface area is 221 Å². The zero-order chi connectivity index (χ0) is 27.2. The van der Waals surface area contributed by atoms with Gasteiger partial charge >= 0.3 is 5.97 Å². The van der Waals surface area contributed by atoms with Gasteiger partial charge in [-0.15, -0.1) is 0 Å². The van der Waals surface area contributed by atoms with Gasteiger partial charge in [0.05, 0.1) is 12.7 Å². The molecule has 0 bridgehead atoms. The van der Waals surface area contributed by atoms with Gasteiger partial charge in [0.15, 0.2) is 0 Å². The third-order valence-electron chi connectivity index (χ3n) is 7.05. The molecule has 0 spiro atoms. The van der Waals surface area contributed by atoms with Crippen LogP contribution in [0.3, 0.4) is 0 Å². The maximum Gasteiger partial charge on any atom is 0.341 e. The maximum atomic E-state index is 14.9. The van der Waals surface area contributed by atoms with Gasteiger partial charge in [-0.1, -0.05) is 31.2 Å². The summed E-state index contributed by atoms with van der Waals surface area (Å²) < 4.78 is 33.9. The van der Waals surface area contributed by atoms with Gasteiger partial charge in [0.25, 0.3) is 5.91 Å². The van der Waals surface area contributed by atoms with Crippen LogP contribution in [0.4, 0.5) is 14.6 Å². The van der Waals surface area contributed by atoms with Crippen LogP contribution in [-0.4, -0.2) is 66.0 Å². The number of hydrogen-bond acceptors (Lipinski definition) is 6. The molecule has 1 saturated heterocycles. The van der Waals surface area contributed by atoms with Crippen LogP contribution in [0.15, 0.2) is 54.7 Å². The lowest BCUT2D eigenvalue weighted by Gasteiger charge is -2.37. The Morgan fingerprint density at radius 1 is 1.05 bits per heavy atom. The molecule has 1 N–H and O–H groups in total. The fourth-order valence-electron chi connectivity index (χ4n) is 4.55. The first-order chi connectivity index (χ1) is 18.3. The number of benzene rings is 2. The van der Waals surface area contributed by atoms with Gasteiger partial charge in [-0.2, -0.15) is 0 Å². The third-order valence-corrected chi connectivity index (χ3v) is 7.05. The smallest absolute Gasteiger partial charge is 0.341 e. The van der Waals surface area contributed by atoms with Crippen LogP contribution < -0.4 is 5.32 Å². The number of nitrogens with zero attached hydrogens (tertiary/aromatic N) is 3. The Kier molecular flexibility index (Phi) is 8.68. The minimum absolute atomic E-state index is 0.0434. The van der Waals surface area contributed by atoms with Gasteiger partial charge in [-0.3, -0.25) is 9.69 Å². The molecule has 200 valence electrons. The first-order valence-corrected chi connectivity index (χ1v) is 12.7. The summed E-state index contributed by atoms with van der Waals surface area (Å²) in [6.07, 6.45) is 2.62. The van der Waals surface area contributed by atoms with Crippen molar-refractivity contribution in [3.63, 3.8) is 0 Å². The number of ether oxygens (including phenoxy) is 1. The lowest BCUT2D eigenvalue weighted by Crippen LogP contribution is -2.51. The van der Waals surface area contributed by atoms with Crippen molar-refractivity contribution in [3.05, 3.63) is 83.1 Å². The van der Waals surface area contributed by atoms with Crippen molar-refractivity contribution in [1.82, 2.24) is 14.8 Å². The number of pyridine rings is 1. The van der Waals surface area contributed by atoms with E-state index in [-0.39, 0.29) is 23.6 Å². The van der Waals surface area contributed by atoms with Crippen molar-refractivity contribution < 1.29 is 23.1 Å². The number of carbonyl (C=O) groups excluding carboxylic acids is 2. The summed E-state index contributed by atoms with van der Waals surface area (Å²) in [5, 5.41) is 3.06. The first kappa shape index (κ1) is 27.2. The van der Waals surface area contributed by atoms with Crippen LogP contribution in [0.5, 0.6) is 0 Å². The van der Waals surface area contributed by atoms with Gasteiger partial charge in [-0.05, 0) is 48.7 Å². The molecular formula is C29H32F2N4O3. The Morgan fingerprint density at radius 3 is 2.45 bits per heavy atom. The van der Waals surface area contributed by atoms with E-state index in [1.807, 2.05) is 4.90 Å². The molecule has 0 aliphatic carbocycles. The SMILES string of the molecule is CCC(C)N1CCN(C(=O)c2ccc(NCc3ccc(-c4cccc(F)c4C(=O)OC)cc3F)nc2)CC1. The molecule has 3 aromatic rings. The average Bonchev–Trinajstić information content (AvgIpc) is 2.95. The molecule has 2 heterocycles. The second kappa shape index (κ2) is 12.1. The molecule has 1 atom stereocenters. The number of nitrogens with one attached hydrogen (secondary N) is 1. The molecule has 0 radical (unpaired) electrons. The van der Waals surface area contributed by atoms with E-state index in [4.69, 9.17) is 0 Å². The van der Waals surface area contributed by atoms with Gasteiger partial charge < -0.3 is 15.0 Å². The molecule has 38 heavy (non-hydrogen) atoms. The Balaban J connectivity index is 1.38. The summed E-state index contributed by atoms with van der Waals surface area (Å²) >= 11 is 0. The monoisotopic (exact) mass is 522 g/mol. The fraction of sp³-hybridized carbons (Fsp3) is 0.345. The van der Waals surface area contributed by atoms with Gasteiger partial charge in [0, 0.05) is 50.5 Å². The number of rotatable bonds is 8. The summed E-state index contributed by atoms with van der Waals surface area (Å²) in [6, 6.07) is 12.5. The minimum atomic E-state index is -0.828. The minimum Gasteiger partial charge on any atom is -0.465 e. The maximum absolute atomic E-state index is 14.9. The Morgan fingerprint density at radius 2 is 1.82 bits per heavy atom. The van der Waals surface area contributed by atoms with Crippen LogP contribution in [-0.2, 0) is 11.3 Å². The van der Waals surface area contributed by atoms with E-state index in [0.29, 0.717) is 41.6 Å². The fourth-order valence-corrected chi connectivity index (χ4v) is 4.55.